The lowest BCUT2D eigenvalue weighted by Gasteiger charge is -2.02. The average Bonchev–Trinajstić information content (AvgIpc) is 2.98. The van der Waals surface area contributed by atoms with Gasteiger partial charge in [-0.1, -0.05) is 29.0 Å². The van der Waals surface area contributed by atoms with Crippen LogP contribution in [0.25, 0.3) is 10.2 Å². The highest BCUT2D eigenvalue weighted by Gasteiger charge is 2.12. The van der Waals surface area contributed by atoms with Crippen LogP contribution in [0.3, 0.4) is 0 Å². The highest BCUT2D eigenvalue weighted by Crippen LogP contribution is 2.20. The van der Waals surface area contributed by atoms with Crippen molar-refractivity contribution >= 4 is 45.0 Å². The van der Waals surface area contributed by atoms with Crippen LogP contribution < -0.4 is 4.80 Å². The predicted octanol–water partition coefficient (Wildman–Crippen LogP) is 4.07. The zero-order chi connectivity index (χ0) is 18.7. The molecule has 26 heavy (non-hydrogen) atoms. The summed E-state index contributed by atoms with van der Waals surface area (Å²) >= 11 is 7.18. The van der Waals surface area contributed by atoms with Crippen LogP contribution in [0.2, 0.25) is 5.02 Å². The highest BCUT2D eigenvalue weighted by atomic mass is 35.5. The number of benzene rings is 2. The van der Waals surface area contributed by atoms with E-state index < -0.39 is 5.97 Å². The van der Waals surface area contributed by atoms with Gasteiger partial charge < -0.3 is 9.30 Å². The van der Waals surface area contributed by atoms with Crippen molar-refractivity contribution in [3.05, 3.63) is 76.1 Å². The molecule has 0 spiro atoms. The Bertz CT molecular complexity index is 1060. The number of allylic oxidation sites excluding steroid dienone is 1. The van der Waals surface area contributed by atoms with E-state index in [1.54, 1.807) is 42.5 Å². The lowest BCUT2D eigenvalue weighted by molar-refractivity contribution is 0.0601. The van der Waals surface area contributed by atoms with E-state index >= 15 is 0 Å². The van der Waals surface area contributed by atoms with Crippen molar-refractivity contribution in [1.82, 2.24) is 4.57 Å². The average molecular weight is 387 g/mol. The number of nitrogens with zero attached hydrogens (tertiary/aromatic N) is 2. The first kappa shape index (κ1) is 18.1. The molecule has 0 bridgehead atoms. The van der Waals surface area contributed by atoms with Gasteiger partial charge in [-0.15, -0.1) is 6.58 Å². The molecule has 3 aromatic rings. The summed E-state index contributed by atoms with van der Waals surface area (Å²) < 4.78 is 7.46. The summed E-state index contributed by atoms with van der Waals surface area (Å²) in [5.41, 5.74) is 1.76. The van der Waals surface area contributed by atoms with Gasteiger partial charge in [0, 0.05) is 17.1 Å². The second-order valence-electron chi connectivity index (χ2n) is 5.38. The van der Waals surface area contributed by atoms with Crippen molar-refractivity contribution in [2.45, 2.75) is 6.54 Å². The number of fused-ring (bicyclic) bond motifs is 1. The largest absolute Gasteiger partial charge is 0.465 e. The van der Waals surface area contributed by atoms with Gasteiger partial charge in [0.15, 0.2) is 4.80 Å². The zero-order valence-electron chi connectivity index (χ0n) is 13.9. The summed E-state index contributed by atoms with van der Waals surface area (Å²) in [6.45, 7) is 4.25. The number of aromatic nitrogens is 1. The molecule has 0 radical (unpaired) electrons. The molecule has 7 heteroatoms. The maximum absolute atomic E-state index is 12.5. The van der Waals surface area contributed by atoms with E-state index in [2.05, 4.69) is 11.6 Å². The smallest absolute Gasteiger partial charge is 0.337 e. The number of thiazole rings is 1. The summed E-state index contributed by atoms with van der Waals surface area (Å²) in [4.78, 5) is 29.0. The van der Waals surface area contributed by atoms with E-state index in [0.717, 1.165) is 10.2 Å². The van der Waals surface area contributed by atoms with E-state index in [-0.39, 0.29) is 5.91 Å². The molecule has 3 rings (SSSR count). The van der Waals surface area contributed by atoms with Crippen LogP contribution in [0.15, 0.2) is 60.1 Å². The highest BCUT2D eigenvalue weighted by molar-refractivity contribution is 7.16. The van der Waals surface area contributed by atoms with Crippen molar-refractivity contribution in [3.63, 3.8) is 0 Å². The van der Waals surface area contributed by atoms with Gasteiger partial charge in [-0.25, -0.2) is 4.79 Å². The molecule has 0 saturated carbocycles. The van der Waals surface area contributed by atoms with Gasteiger partial charge in [0.1, 0.15) is 0 Å². The van der Waals surface area contributed by atoms with Crippen LogP contribution >= 0.6 is 22.9 Å². The molecule has 1 amide bonds. The monoisotopic (exact) mass is 386 g/mol. The first-order valence-electron chi connectivity index (χ1n) is 7.70. The van der Waals surface area contributed by atoms with Gasteiger partial charge in [0.05, 0.1) is 22.9 Å². The molecular weight excluding hydrogens is 372 g/mol. The number of ether oxygens (including phenoxy) is 1. The van der Waals surface area contributed by atoms with Crippen molar-refractivity contribution in [3.8, 4) is 0 Å². The Morgan fingerprint density at radius 1 is 1.23 bits per heavy atom. The van der Waals surface area contributed by atoms with Crippen LogP contribution in [-0.4, -0.2) is 23.6 Å². The number of amides is 1. The minimum atomic E-state index is -0.411. The number of hydrogen-bond donors (Lipinski definition) is 0. The van der Waals surface area contributed by atoms with E-state index in [1.165, 1.54) is 18.4 Å². The van der Waals surface area contributed by atoms with Crippen molar-refractivity contribution in [2.24, 2.45) is 4.99 Å². The van der Waals surface area contributed by atoms with Crippen LogP contribution in [0.4, 0.5) is 0 Å². The molecule has 1 aromatic heterocycles. The van der Waals surface area contributed by atoms with Gasteiger partial charge in [0.25, 0.3) is 5.91 Å². The Morgan fingerprint density at radius 2 is 1.92 bits per heavy atom. The molecule has 0 aliphatic rings. The molecule has 132 valence electrons. The lowest BCUT2D eigenvalue weighted by atomic mass is 10.2. The molecule has 0 aliphatic heterocycles. The predicted molar refractivity (Wildman–Crippen MR) is 103 cm³/mol. The third-order valence-electron chi connectivity index (χ3n) is 3.70. The number of carbonyl (C=O) groups excluding carboxylic acids is 2. The normalized spacial score (nSPS) is 11.5. The fraction of sp³-hybridized carbons (Fsp3) is 0.105. The number of halogens is 1. The molecular formula is C19H15ClN2O3S. The van der Waals surface area contributed by atoms with Crippen LogP contribution in [0, 0.1) is 0 Å². The maximum Gasteiger partial charge on any atom is 0.337 e. The number of esters is 1. The third-order valence-corrected chi connectivity index (χ3v) is 5.00. The fourth-order valence-electron chi connectivity index (χ4n) is 2.45. The van der Waals surface area contributed by atoms with E-state index in [1.807, 2.05) is 10.6 Å². The lowest BCUT2D eigenvalue weighted by Crippen LogP contribution is -2.16. The van der Waals surface area contributed by atoms with E-state index in [9.17, 15) is 9.59 Å². The van der Waals surface area contributed by atoms with Gasteiger partial charge in [0.2, 0.25) is 0 Å². The SMILES string of the molecule is C=CCn1c(=NC(=O)c2ccc(Cl)cc2)sc2cc(C(=O)OC)ccc21. The Balaban J connectivity index is 2.12. The Kier molecular flexibility index (Phi) is 5.35. The molecule has 0 saturated heterocycles. The summed E-state index contributed by atoms with van der Waals surface area (Å²) in [6.07, 6.45) is 1.73. The minimum absolute atomic E-state index is 0.362. The first-order valence-corrected chi connectivity index (χ1v) is 8.90. The molecule has 1 heterocycles. The molecule has 0 aliphatic carbocycles. The fourth-order valence-corrected chi connectivity index (χ4v) is 3.66. The summed E-state index contributed by atoms with van der Waals surface area (Å²) in [5.74, 6) is -0.773. The quantitative estimate of drug-likeness (QED) is 0.501. The number of methoxy groups -OCH3 is 1. The maximum atomic E-state index is 12.5. The van der Waals surface area contributed by atoms with Gasteiger partial charge >= 0.3 is 5.97 Å². The van der Waals surface area contributed by atoms with Crippen molar-refractivity contribution < 1.29 is 14.3 Å². The van der Waals surface area contributed by atoms with Gasteiger partial charge in [-0.2, -0.15) is 4.99 Å². The van der Waals surface area contributed by atoms with E-state index in [4.69, 9.17) is 16.3 Å². The summed E-state index contributed by atoms with van der Waals surface area (Å²) in [7, 11) is 1.34. The molecule has 0 fully saturated rings. The van der Waals surface area contributed by atoms with Crippen molar-refractivity contribution in [1.29, 1.82) is 0 Å². The van der Waals surface area contributed by atoms with Crippen LogP contribution in [0.1, 0.15) is 20.7 Å². The standard InChI is InChI=1S/C19H15ClN2O3S/c1-3-10-22-15-9-6-13(18(24)25-2)11-16(15)26-19(22)21-17(23)12-4-7-14(20)8-5-12/h3-9,11H,1,10H2,2H3. The Morgan fingerprint density at radius 3 is 2.58 bits per heavy atom. The van der Waals surface area contributed by atoms with Gasteiger partial charge in [-0.3, -0.25) is 4.79 Å². The van der Waals surface area contributed by atoms with Crippen LogP contribution in [-0.2, 0) is 11.3 Å². The molecule has 0 N–H and O–H groups in total. The summed E-state index contributed by atoms with van der Waals surface area (Å²) in [5, 5.41) is 0.556. The Hall–Kier alpha value is -2.70. The molecule has 2 aromatic carbocycles. The third kappa shape index (κ3) is 3.61. The van der Waals surface area contributed by atoms with Gasteiger partial charge in [-0.05, 0) is 42.5 Å². The first-order chi connectivity index (χ1) is 12.5. The molecule has 5 nitrogen and oxygen atoms in total. The zero-order valence-corrected chi connectivity index (χ0v) is 15.5. The van der Waals surface area contributed by atoms with Crippen molar-refractivity contribution in [2.75, 3.05) is 7.11 Å². The molecule has 0 atom stereocenters. The number of carbonyl (C=O) groups is 2. The number of hydrogen-bond acceptors (Lipinski definition) is 4. The minimum Gasteiger partial charge on any atom is -0.465 e. The second-order valence-corrected chi connectivity index (χ2v) is 6.83. The second kappa shape index (κ2) is 7.68. The number of rotatable bonds is 4. The Labute approximate surface area is 158 Å². The van der Waals surface area contributed by atoms with E-state index in [0.29, 0.717) is 27.5 Å². The molecule has 0 unspecified atom stereocenters. The van der Waals surface area contributed by atoms with Crippen LogP contribution in [0.5, 0.6) is 0 Å². The topological polar surface area (TPSA) is 60.7 Å². The summed E-state index contributed by atoms with van der Waals surface area (Å²) in [6, 6.07) is 11.8.